The van der Waals surface area contributed by atoms with Gasteiger partial charge in [0.05, 0.1) is 10.9 Å². The molecule has 52 heavy (non-hydrogen) atoms. The van der Waals surface area contributed by atoms with Crippen LogP contribution in [0.5, 0.6) is 17.2 Å². The van der Waals surface area contributed by atoms with Gasteiger partial charge in [0.2, 0.25) is 12.4 Å². The maximum Gasteiger partial charge on any atom is 0.383 e. The van der Waals surface area contributed by atoms with Gasteiger partial charge in [-0.3, -0.25) is 19.2 Å². The molecule has 0 unspecified atom stereocenters. The number of ether oxygens (including phenoxy) is 8. The summed E-state index contributed by atoms with van der Waals surface area (Å²) in [6.07, 6.45) is -7.17. The lowest BCUT2D eigenvalue weighted by Gasteiger charge is -2.43. The molecule has 272 valence electrons. The van der Waals surface area contributed by atoms with Crippen molar-refractivity contribution in [3.05, 3.63) is 100 Å². The molecule has 0 N–H and O–H groups in total. The average molecular weight is 719 g/mol. The number of esters is 5. The fourth-order valence-corrected chi connectivity index (χ4v) is 5.31. The highest BCUT2D eigenvalue weighted by Crippen LogP contribution is 2.37. The molecule has 0 spiro atoms. The van der Waals surface area contributed by atoms with Crippen LogP contribution in [-0.4, -0.2) is 67.2 Å². The third kappa shape index (κ3) is 9.31. The predicted molar refractivity (Wildman–Crippen MR) is 177 cm³/mol. The molecular weight excluding hydrogens is 684 g/mol. The summed E-state index contributed by atoms with van der Waals surface area (Å²) in [5, 5.41) is 0.222. The van der Waals surface area contributed by atoms with Crippen molar-refractivity contribution in [2.45, 2.75) is 65.0 Å². The minimum atomic E-state index is -1.55. The van der Waals surface area contributed by atoms with E-state index in [9.17, 15) is 28.8 Å². The van der Waals surface area contributed by atoms with E-state index in [0.29, 0.717) is 0 Å². The largest absolute Gasteiger partial charge is 0.484 e. The maximum atomic E-state index is 13.4. The topological polar surface area (TPSA) is 189 Å². The molecule has 1 aromatic heterocycles. The van der Waals surface area contributed by atoms with Gasteiger partial charge in [0, 0.05) is 33.8 Å². The SMILES string of the molecule is CC(=O)OC[C@H]1O[C@@H](Oc2ccc3c(OCc4ccccc4)c(OC(=O)c4ccccc4)c(=O)oc3c2)[C@H](OC(C)=O)[C@@H](OC(C)=O)[C@@H]1OC(C)=O. The first kappa shape index (κ1) is 37.0. The maximum absolute atomic E-state index is 13.4. The first-order valence-corrected chi connectivity index (χ1v) is 15.9. The van der Waals surface area contributed by atoms with Gasteiger partial charge in [-0.05, 0) is 29.8 Å². The Morgan fingerprint density at radius 2 is 1.31 bits per heavy atom. The van der Waals surface area contributed by atoms with E-state index in [-0.39, 0.29) is 34.6 Å². The molecule has 0 radical (unpaired) electrons. The van der Waals surface area contributed by atoms with Crippen molar-refractivity contribution >= 4 is 40.8 Å². The molecule has 1 aliphatic rings. The van der Waals surface area contributed by atoms with Crippen LogP contribution in [0.15, 0.2) is 88.1 Å². The lowest BCUT2D eigenvalue weighted by atomic mass is 9.98. The molecule has 0 amide bonds. The first-order chi connectivity index (χ1) is 24.9. The Morgan fingerprint density at radius 1 is 0.692 bits per heavy atom. The fourth-order valence-electron chi connectivity index (χ4n) is 5.31. The Bertz CT molecular complexity index is 1990. The summed E-state index contributed by atoms with van der Waals surface area (Å²) >= 11 is 0. The quantitative estimate of drug-likeness (QED) is 0.116. The van der Waals surface area contributed by atoms with E-state index >= 15 is 0 Å². The highest BCUT2D eigenvalue weighted by Gasteiger charge is 2.53. The molecule has 5 atom stereocenters. The van der Waals surface area contributed by atoms with Crippen LogP contribution in [0.3, 0.4) is 0 Å². The molecule has 5 rings (SSSR count). The monoisotopic (exact) mass is 718 g/mol. The van der Waals surface area contributed by atoms with Crippen LogP contribution in [0.25, 0.3) is 11.0 Å². The zero-order valence-electron chi connectivity index (χ0n) is 28.4. The van der Waals surface area contributed by atoms with Gasteiger partial charge in [-0.2, -0.15) is 0 Å². The van der Waals surface area contributed by atoms with Crippen molar-refractivity contribution in [3.8, 4) is 17.2 Å². The molecule has 0 bridgehead atoms. The van der Waals surface area contributed by atoms with Crippen LogP contribution in [0.1, 0.15) is 43.6 Å². The number of fused-ring (bicyclic) bond motifs is 1. The summed E-state index contributed by atoms with van der Waals surface area (Å²) < 4.78 is 50.6. The van der Waals surface area contributed by atoms with Crippen LogP contribution < -0.4 is 19.8 Å². The predicted octanol–water partition coefficient (Wildman–Crippen LogP) is 4.05. The number of carbonyl (C=O) groups excluding carboxylic acids is 5. The Kier molecular flexibility index (Phi) is 11.9. The summed E-state index contributed by atoms with van der Waals surface area (Å²) in [6.45, 7) is 3.98. The van der Waals surface area contributed by atoms with Gasteiger partial charge in [0.15, 0.2) is 18.0 Å². The second kappa shape index (κ2) is 16.7. The Labute approximate surface area is 296 Å². The van der Waals surface area contributed by atoms with E-state index in [1.807, 2.05) is 30.3 Å². The van der Waals surface area contributed by atoms with E-state index < -0.39 is 78.5 Å². The summed E-state index contributed by atoms with van der Waals surface area (Å²) in [5.41, 5.74) is -0.155. The summed E-state index contributed by atoms with van der Waals surface area (Å²) in [5.74, 6) is -4.49. The van der Waals surface area contributed by atoms with E-state index in [1.54, 1.807) is 18.2 Å². The van der Waals surface area contributed by atoms with Crippen LogP contribution >= 0.6 is 0 Å². The molecule has 0 aliphatic carbocycles. The van der Waals surface area contributed by atoms with Crippen molar-refractivity contribution in [2.75, 3.05) is 6.61 Å². The van der Waals surface area contributed by atoms with Gasteiger partial charge < -0.3 is 42.3 Å². The summed E-state index contributed by atoms with van der Waals surface area (Å²) in [6, 6.07) is 21.3. The van der Waals surface area contributed by atoms with Crippen LogP contribution in [-0.2, 0) is 49.5 Å². The number of carbonyl (C=O) groups is 5. The first-order valence-electron chi connectivity index (χ1n) is 15.9. The van der Waals surface area contributed by atoms with E-state index in [4.69, 9.17) is 42.3 Å². The third-order valence-electron chi connectivity index (χ3n) is 7.42. The molecule has 4 aromatic rings. The standard InChI is InChI=1S/C37H34O15/c1-20(38)44-19-29-31(46-21(2)39)32(47-22(3)40)34(48-23(4)41)37(51-29)49-26-15-16-27-28(17-26)50-36(43)33(52-35(42)25-13-9-6-10-14-25)30(27)45-18-24-11-7-5-8-12-24/h5-17,29,31-32,34,37H,18-19H2,1-4H3/t29-,31-,32+,34-,37-/m1/s1. The van der Waals surface area contributed by atoms with Crippen molar-refractivity contribution in [1.82, 2.24) is 0 Å². The molecule has 15 nitrogen and oxygen atoms in total. The number of hydrogen-bond acceptors (Lipinski definition) is 15. The molecular formula is C37H34O15. The highest BCUT2D eigenvalue weighted by atomic mass is 16.7. The average Bonchev–Trinajstić information content (AvgIpc) is 3.10. The number of benzene rings is 3. The molecule has 0 saturated carbocycles. The number of rotatable bonds is 12. The van der Waals surface area contributed by atoms with Crippen LogP contribution in [0, 0.1) is 0 Å². The third-order valence-corrected chi connectivity index (χ3v) is 7.42. The lowest BCUT2D eigenvalue weighted by Crippen LogP contribution is -2.63. The molecule has 3 aromatic carbocycles. The van der Waals surface area contributed by atoms with Gasteiger partial charge in [-0.15, -0.1) is 0 Å². The van der Waals surface area contributed by atoms with Gasteiger partial charge in [-0.1, -0.05) is 48.5 Å². The smallest absolute Gasteiger partial charge is 0.383 e. The normalized spacial score (nSPS) is 19.5. The zero-order chi connectivity index (χ0) is 37.4. The Hall–Kier alpha value is -6.22. The molecule has 1 saturated heterocycles. The molecule has 15 heteroatoms. The highest BCUT2D eigenvalue weighted by molar-refractivity contribution is 5.93. The van der Waals surface area contributed by atoms with E-state index in [1.165, 1.54) is 30.3 Å². The van der Waals surface area contributed by atoms with E-state index in [0.717, 1.165) is 33.3 Å². The van der Waals surface area contributed by atoms with Gasteiger partial charge >= 0.3 is 35.5 Å². The van der Waals surface area contributed by atoms with Crippen molar-refractivity contribution in [1.29, 1.82) is 0 Å². The fraction of sp³-hybridized carbons (Fsp3) is 0.297. The van der Waals surface area contributed by atoms with Gasteiger partial charge in [0.1, 0.15) is 30.7 Å². The van der Waals surface area contributed by atoms with Crippen molar-refractivity contribution in [2.24, 2.45) is 0 Å². The Balaban J connectivity index is 1.53. The summed E-state index contributed by atoms with van der Waals surface area (Å²) in [7, 11) is 0. The van der Waals surface area contributed by atoms with Crippen molar-refractivity contribution in [3.63, 3.8) is 0 Å². The molecule has 2 heterocycles. The van der Waals surface area contributed by atoms with Gasteiger partial charge in [0.25, 0.3) is 5.75 Å². The molecule has 1 fully saturated rings. The second-order valence-corrected chi connectivity index (χ2v) is 11.4. The summed E-state index contributed by atoms with van der Waals surface area (Å²) in [4.78, 5) is 74.5. The second-order valence-electron chi connectivity index (χ2n) is 11.4. The van der Waals surface area contributed by atoms with Crippen LogP contribution in [0.4, 0.5) is 0 Å². The molecule has 1 aliphatic heterocycles. The zero-order valence-corrected chi connectivity index (χ0v) is 28.4. The Morgan fingerprint density at radius 3 is 1.94 bits per heavy atom. The minimum Gasteiger partial charge on any atom is -0.484 e. The van der Waals surface area contributed by atoms with Gasteiger partial charge in [-0.25, -0.2) is 9.59 Å². The van der Waals surface area contributed by atoms with Crippen molar-refractivity contribution < 1.29 is 66.3 Å². The lowest BCUT2D eigenvalue weighted by molar-refractivity contribution is -0.288. The van der Waals surface area contributed by atoms with Crippen LogP contribution in [0.2, 0.25) is 0 Å². The van der Waals surface area contributed by atoms with E-state index in [2.05, 4.69) is 0 Å². The minimum absolute atomic E-state index is 0.000380. The number of hydrogen-bond donors (Lipinski definition) is 0.